The number of amides is 1. The molecule has 0 saturated carbocycles. The maximum atomic E-state index is 12.5. The highest BCUT2D eigenvalue weighted by molar-refractivity contribution is 9.10. The Morgan fingerprint density at radius 3 is 2.81 bits per heavy atom. The molecule has 21 heavy (non-hydrogen) atoms. The van der Waals surface area contributed by atoms with Crippen LogP contribution in [-0.4, -0.2) is 24.2 Å². The number of esters is 1. The number of carbonyl (C=O) groups excluding carboxylic acids is 2. The molecular weight excluding hydrogens is 336 g/mol. The van der Waals surface area contributed by atoms with Gasteiger partial charge in [0.1, 0.15) is 0 Å². The molecular formula is C15H17BrN2O3. The van der Waals surface area contributed by atoms with E-state index in [1.54, 1.807) is 6.92 Å². The highest BCUT2D eigenvalue weighted by Gasteiger charge is 2.35. The standard InChI is InChI=1S/C15H17BrN2O3/c1-3-21-14(19)9-8-11-10(2)17-18(15(11)20)13-7-5-4-6-12(13)16/h4-7,11H,3,8-9H2,1-2H3. The average molecular weight is 353 g/mol. The zero-order valence-corrected chi connectivity index (χ0v) is 13.6. The Bertz CT molecular complexity index is 586. The number of carbonyl (C=O) groups is 2. The van der Waals surface area contributed by atoms with Gasteiger partial charge in [-0.15, -0.1) is 0 Å². The lowest BCUT2D eigenvalue weighted by molar-refractivity contribution is -0.143. The van der Waals surface area contributed by atoms with Gasteiger partial charge in [-0.2, -0.15) is 10.1 Å². The molecule has 0 aromatic heterocycles. The van der Waals surface area contributed by atoms with Gasteiger partial charge in [0.25, 0.3) is 5.91 Å². The van der Waals surface area contributed by atoms with Gasteiger partial charge in [0, 0.05) is 16.6 Å². The minimum atomic E-state index is -0.360. The van der Waals surface area contributed by atoms with E-state index in [0.717, 1.165) is 10.2 Å². The summed E-state index contributed by atoms with van der Waals surface area (Å²) >= 11 is 3.42. The second-order valence-corrected chi connectivity index (χ2v) is 5.59. The first-order valence-electron chi connectivity index (χ1n) is 6.83. The number of anilines is 1. The lowest BCUT2D eigenvalue weighted by Crippen LogP contribution is -2.27. The van der Waals surface area contributed by atoms with Crippen molar-refractivity contribution in [2.75, 3.05) is 11.6 Å². The summed E-state index contributed by atoms with van der Waals surface area (Å²) in [5, 5.41) is 5.72. The molecule has 2 rings (SSSR count). The van der Waals surface area contributed by atoms with E-state index in [1.807, 2.05) is 31.2 Å². The van der Waals surface area contributed by atoms with E-state index < -0.39 is 0 Å². The molecule has 0 aliphatic carbocycles. The quantitative estimate of drug-likeness (QED) is 0.764. The molecule has 1 amide bonds. The molecule has 0 spiro atoms. The van der Waals surface area contributed by atoms with E-state index in [-0.39, 0.29) is 24.2 Å². The first-order valence-corrected chi connectivity index (χ1v) is 7.63. The van der Waals surface area contributed by atoms with Crippen molar-refractivity contribution in [3.63, 3.8) is 0 Å². The van der Waals surface area contributed by atoms with Crippen molar-refractivity contribution in [1.29, 1.82) is 0 Å². The molecule has 6 heteroatoms. The van der Waals surface area contributed by atoms with E-state index in [4.69, 9.17) is 4.74 Å². The number of hydrazone groups is 1. The molecule has 1 unspecified atom stereocenters. The lowest BCUT2D eigenvalue weighted by atomic mass is 9.98. The van der Waals surface area contributed by atoms with E-state index in [2.05, 4.69) is 21.0 Å². The van der Waals surface area contributed by atoms with Crippen molar-refractivity contribution < 1.29 is 14.3 Å². The Labute approximate surface area is 132 Å². The van der Waals surface area contributed by atoms with Crippen LogP contribution in [0, 0.1) is 5.92 Å². The summed E-state index contributed by atoms with van der Waals surface area (Å²) in [5.41, 5.74) is 1.43. The van der Waals surface area contributed by atoms with Gasteiger partial charge >= 0.3 is 5.97 Å². The number of nitrogens with zero attached hydrogens (tertiary/aromatic N) is 2. The predicted octanol–water partition coefficient (Wildman–Crippen LogP) is 3.13. The van der Waals surface area contributed by atoms with E-state index in [0.29, 0.717) is 18.7 Å². The largest absolute Gasteiger partial charge is 0.466 e. The van der Waals surface area contributed by atoms with Crippen LogP contribution >= 0.6 is 15.9 Å². The Morgan fingerprint density at radius 2 is 2.14 bits per heavy atom. The number of halogens is 1. The van der Waals surface area contributed by atoms with Crippen LogP contribution in [-0.2, 0) is 14.3 Å². The molecule has 0 bridgehead atoms. The number of rotatable bonds is 5. The first kappa shape index (κ1) is 15.7. The molecule has 1 aromatic rings. The molecule has 112 valence electrons. The van der Waals surface area contributed by atoms with Gasteiger partial charge in [-0.25, -0.2) is 0 Å². The molecule has 0 saturated heterocycles. The van der Waals surface area contributed by atoms with Crippen LogP contribution < -0.4 is 5.01 Å². The summed E-state index contributed by atoms with van der Waals surface area (Å²) in [4.78, 5) is 23.9. The zero-order chi connectivity index (χ0) is 15.4. The van der Waals surface area contributed by atoms with E-state index in [9.17, 15) is 9.59 Å². The fourth-order valence-corrected chi connectivity index (χ4v) is 2.68. The van der Waals surface area contributed by atoms with Crippen LogP contribution in [0.1, 0.15) is 26.7 Å². The van der Waals surface area contributed by atoms with Gasteiger partial charge in [-0.05, 0) is 48.3 Å². The molecule has 1 aromatic carbocycles. The van der Waals surface area contributed by atoms with Crippen LogP contribution in [0.3, 0.4) is 0 Å². The van der Waals surface area contributed by atoms with Gasteiger partial charge in [-0.1, -0.05) is 12.1 Å². The molecule has 1 aliphatic rings. The van der Waals surface area contributed by atoms with Crippen molar-refractivity contribution in [1.82, 2.24) is 0 Å². The monoisotopic (exact) mass is 352 g/mol. The highest BCUT2D eigenvalue weighted by atomic mass is 79.9. The SMILES string of the molecule is CCOC(=O)CCC1C(=O)N(c2ccccc2Br)N=C1C. The number of ether oxygens (including phenoxy) is 1. The third-order valence-electron chi connectivity index (χ3n) is 3.29. The molecule has 0 fully saturated rings. The maximum absolute atomic E-state index is 12.5. The summed E-state index contributed by atoms with van der Waals surface area (Å²) in [5.74, 6) is -0.748. The average Bonchev–Trinajstić information content (AvgIpc) is 2.73. The number of para-hydroxylation sites is 1. The van der Waals surface area contributed by atoms with Crippen molar-refractivity contribution in [2.45, 2.75) is 26.7 Å². The van der Waals surface area contributed by atoms with Crippen molar-refractivity contribution in [2.24, 2.45) is 11.0 Å². The fourth-order valence-electron chi connectivity index (χ4n) is 2.23. The van der Waals surface area contributed by atoms with E-state index in [1.165, 1.54) is 5.01 Å². The maximum Gasteiger partial charge on any atom is 0.305 e. The number of benzene rings is 1. The molecule has 1 aliphatic heterocycles. The van der Waals surface area contributed by atoms with E-state index >= 15 is 0 Å². The molecule has 0 N–H and O–H groups in total. The van der Waals surface area contributed by atoms with Crippen molar-refractivity contribution in [3.05, 3.63) is 28.7 Å². The fraction of sp³-hybridized carbons (Fsp3) is 0.400. The third kappa shape index (κ3) is 3.50. The lowest BCUT2D eigenvalue weighted by Gasteiger charge is -2.15. The van der Waals surface area contributed by atoms with Crippen LogP contribution in [0.25, 0.3) is 0 Å². The predicted molar refractivity (Wildman–Crippen MR) is 84.1 cm³/mol. The molecule has 0 radical (unpaired) electrons. The Hall–Kier alpha value is -1.69. The van der Waals surface area contributed by atoms with Crippen LogP contribution in [0.4, 0.5) is 5.69 Å². The number of hydrogen-bond donors (Lipinski definition) is 0. The zero-order valence-electron chi connectivity index (χ0n) is 12.0. The first-order chi connectivity index (χ1) is 10.0. The molecule has 5 nitrogen and oxygen atoms in total. The summed E-state index contributed by atoms with van der Waals surface area (Å²) in [6.45, 7) is 3.93. The minimum Gasteiger partial charge on any atom is -0.466 e. The summed E-state index contributed by atoms with van der Waals surface area (Å²) in [7, 11) is 0. The Morgan fingerprint density at radius 1 is 1.43 bits per heavy atom. The van der Waals surface area contributed by atoms with Gasteiger partial charge < -0.3 is 4.74 Å². The van der Waals surface area contributed by atoms with Crippen molar-refractivity contribution in [3.8, 4) is 0 Å². The van der Waals surface area contributed by atoms with Gasteiger partial charge in [0.05, 0.1) is 18.2 Å². The highest BCUT2D eigenvalue weighted by Crippen LogP contribution is 2.31. The van der Waals surface area contributed by atoms with Gasteiger partial charge in [0.2, 0.25) is 0 Å². The molecule has 1 atom stereocenters. The second-order valence-electron chi connectivity index (χ2n) is 4.74. The molecule has 1 heterocycles. The Kier molecular flexibility index (Phi) is 5.12. The number of hydrogen-bond acceptors (Lipinski definition) is 4. The van der Waals surface area contributed by atoms with Crippen LogP contribution in [0.2, 0.25) is 0 Å². The topological polar surface area (TPSA) is 59.0 Å². The summed E-state index contributed by atoms with van der Waals surface area (Å²) in [6.07, 6.45) is 0.648. The van der Waals surface area contributed by atoms with Gasteiger partial charge in [-0.3, -0.25) is 9.59 Å². The Balaban J connectivity index is 2.08. The smallest absolute Gasteiger partial charge is 0.305 e. The normalized spacial score (nSPS) is 17.9. The minimum absolute atomic E-state index is 0.108. The third-order valence-corrected chi connectivity index (χ3v) is 3.96. The van der Waals surface area contributed by atoms with Crippen LogP contribution in [0.5, 0.6) is 0 Å². The summed E-state index contributed by atoms with van der Waals surface area (Å²) < 4.78 is 5.70. The second kappa shape index (κ2) is 6.85. The van der Waals surface area contributed by atoms with Gasteiger partial charge in [0.15, 0.2) is 0 Å². The summed E-state index contributed by atoms with van der Waals surface area (Å²) in [6, 6.07) is 7.42. The van der Waals surface area contributed by atoms with Crippen LogP contribution in [0.15, 0.2) is 33.8 Å². The van der Waals surface area contributed by atoms with Crippen molar-refractivity contribution >= 4 is 39.2 Å².